The topological polar surface area (TPSA) is 55.4 Å². The van der Waals surface area contributed by atoms with E-state index in [9.17, 15) is 13.4 Å². The first-order valence-corrected chi connectivity index (χ1v) is 8.44. The molecule has 1 rings (SSSR count). The van der Waals surface area contributed by atoms with Crippen molar-refractivity contribution in [3.63, 3.8) is 0 Å². The number of ether oxygens (including phenoxy) is 1. The van der Waals surface area contributed by atoms with Gasteiger partial charge in [0.05, 0.1) is 11.9 Å². The fourth-order valence-electron chi connectivity index (χ4n) is 1.66. The van der Waals surface area contributed by atoms with Gasteiger partial charge in [0.15, 0.2) is 0 Å². The SMILES string of the molecule is CC(C)OCCCNC(=O)C[S@](=O)Cc1ccccc1F. The van der Waals surface area contributed by atoms with Gasteiger partial charge in [-0.2, -0.15) is 0 Å². The highest BCUT2D eigenvalue weighted by Gasteiger charge is 2.10. The monoisotopic (exact) mass is 315 g/mol. The van der Waals surface area contributed by atoms with Crippen molar-refractivity contribution in [2.24, 2.45) is 0 Å². The Morgan fingerprint density at radius 3 is 2.76 bits per heavy atom. The Kier molecular flexibility index (Phi) is 8.15. The molecule has 0 saturated carbocycles. The summed E-state index contributed by atoms with van der Waals surface area (Å²) in [6.07, 6.45) is 0.887. The lowest BCUT2D eigenvalue weighted by Crippen LogP contribution is -2.30. The molecule has 0 spiro atoms. The second kappa shape index (κ2) is 9.63. The van der Waals surface area contributed by atoms with Gasteiger partial charge in [0, 0.05) is 29.5 Å². The molecule has 0 fully saturated rings. The third kappa shape index (κ3) is 7.92. The van der Waals surface area contributed by atoms with Crippen LogP contribution in [0.25, 0.3) is 0 Å². The fraction of sp³-hybridized carbons (Fsp3) is 0.533. The highest BCUT2D eigenvalue weighted by molar-refractivity contribution is 7.84. The summed E-state index contributed by atoms with van der Waals surface area (Å²) < 4.78 is 30.5. The van der Waals surface area contributed by atoms with Gasteiger partial charge >= 0.3 is 0 Å². The zero-order valence-corrected chi connectivity index (χ0v) is 13.2. The lowest BCUT2D eigenvalue weighted by atomic mass is 10.2. The van der Waals surface area contributed by atoms with E-state index in [4.69, 9.17) is 4.74 Å². The van der Waals surface area contributed by atoms with Crippen molar-refractivity contribution in [3.8, 4) is 0 Å². The Morgan fingerprint density at radius 2 is 2.10 bits per heavy atom. The van der Waals surface area contributed by atoms with E-state index >= 15 is 0 Å². The Labute approximate surface area is 127 Å². The molecule has 118 valence electrons. The maximum Gasteiger partial charge on any atom is 0.232 e. The molecule has 0 saturated heterocycles. The number of benzene rings is 1. The van der Waals surface area contributed by atoms with Crippen LogP contribution in [0.1, 0.15) is 25.8 Å². The molecule has 1 aromatic rings. The van der Waals surface area contributed by atoms with Crippen molar-refractivity contribution in [1.29, 1.82) is 0 Å². The molecule has 0 heterocycles. The summed E-state index contributed by atoms with van der Waals surface area (Å²) in [5.74, 6) is -0.734. The van der Waals surface area contributed by atoms with Gasteiger partial charge in [-0.25, -0.2) is 4.39 Å². The summed E-state index contributed by atoms with van der Waals surface area (Å²) in [6, 6.07) is 6.16. The van der Waals surface area contributed by atoms with Gasteiger partial charge in [0.1, 0.15) is 11.6 Å². The largest absolute Gasteiger partial charge is 0.379 e. The molecule has 4 nitrogen and oxygen atoms in total. The normalized spacial score (nSPS) is 12.4. The molecule has 0 aliphatic heterocycles. The average molecular weight is 315 g/mol. The van der Waals surface area contributed by atoms with Crippen molar-refractivity contribution < 1.29 is 18.1 Å². The highest BCUT2D eigenvalue weighted by atomic mass is 32.2. The Hall–Kier alpha value is -1.27. The third-order valence-electron chi connectivity index (χ3n) is 2.66. The summed E-state index contributed by atoms with van der Waals surface area (Å²) in [5, 5.41) is 2.68. The first kappa shape index (κ1) is 17.8. The standard InChI is InChI=1S/C15H22FNO3S/c1-12(2)20-9-5-8-17-15(18)11-21(19)10-13-6-3-4-7-14(13)16/h3-4,6-7,12H,5,8-11H2,1-2H3,(H,17,18)/t21-/m1/s1. The van der Waals surface area contributed by atoms with Crippen LogP contribution in [0.5, 0.6) is 0 Å². The molecular weight excluding hydrogens is 293 g/mol. The number of carbonyl (C=O) groups is 1. The van der Waals surface area contributed by atoms with Crippen LogP contribution in [0.4, 0.5) is 4.39 Å². The minimum Gasteiger partial charge on any atom is -0.379 e. The molecule has 0 bridgehead atoms. The van der Waals surface area contributed by atoms with Crippen molar-refractivity contribution >= 4 is 16.7 Å². The van der Waals surface area contributed by atoms with E-state index in [1.165, 1.54) is 6.07 Å². The number of halogens is 1. The van der Waals surface area contributed by atoms with Crippen LogP contribution in [-0.4, -0.2) is 35.1 Å². The molecule has 1 amide bonds. The molecule has 0 aromatic heterocycles. The van der Waals surface area contributed by atoms with Gasteiger partial charge in [0.25, 0.3) is 0 Å². The van der Waals surface area contributed by atoms with Crippen LogP contribution in [0, 0.1) is 5.82 Å². The van der Waals surface area contributed by atoms with E-state index in [1.807, 2.05) is 13.8 Å². The summed E-state index contributed by atoms with van der Waals surface area (Å²) in [6.45, 7) is 4.97. The summed E-state index contributed by atoms with van der Waals surface area (Å²) in [5.41, 5.74) is 0.369. The smallest absolute Gasteiger partial charge is 0.232 e. The van der Waals surface area contributed by atoms with Gasteiger partial charge in [-0.1, -0.05) is 18.2 Å². The summed E-state index contributed by atoms with van der Waals surface area (Å²) >= 11 is 0. The zero-order chi connectivity index (χ0) is 15.7. The summed E-state index contributed by atoms with van der Waals surface area (Å²) in [7, 11) is -1.41. The van der Waals surface area contributed by atoms with Crippen molar-refractivity contribution in [2.75, 3.05) is 18.9 Å². The molecule has 0 radical (unpaired) electrons. The zero-order valence-electron chi connectivity index (χ0n) is 12.4. The van der Waals surface area contributed by atoms with Gasteiger partial charge < -0.3 is 10.1 Å². The predicted molar refractivity (Wildman–Crippen MR) is 81.8 cm³/mol. The minimum atomic E-state index is -1.41. The van der Waals surface area contributed by atoms with Crippen LogP contribution in [0.15, 0.2) is 24.3 Å². The van der Waals surface area contributed by atoms with Gasteiger partial charge in [-0.15, -0.1) is 0 Å². The van der Waals surface area contributed by atoms with Crippen LogP contribution < -0.4 is 5.32 Å². The predicted octanol–water partition coefficient (Wildman–Crippen LogP) is 2.01. The molecule has 1 aromatic carbocycles. The number of rotatable bonds is 9. The van der Waals surface area contributed by atoms with E-state index in [0.29, 0.717) is 25.1 Å². The van der Waals surface area contributed by atoms with E-state index in [0.717, 1.165) is 0 Å². The van der Waals surface area contributed by atoms with E-state index < -0.39 is 16.6 Å². The number of nitrogens with one attached hydrogen (secondary N) is 1. The molecule has 0 aliphatic rings. The van der Waals surface area contributed by atoms with Gasteiger partial charge in [-0.05, 0) is 26.3 Å². The maximum absolute atomic E-state index is 13.4. The first-order chi connectivity index (χ1) is 9.99. The van der Waals surface area contributed by atoms with Crippen molar-refractivity contribution in [3.05, 3.63) is 35.6 Å². The van der Waals surface area contributed by atoms with Crippen molar-refractivity contribution in [2.45, 2.75) is 32.1 Å². The molecular formula is C15H22FNO3S. The van der Waals surface area contributed by atoms with Crippen molar-refractivity contribution in [1.82, 2.24) is 5.32 Å². The molecule has 6 heteroatoms. The van der Waals surface area contributed by atoms with Crippen LogP contribution >= 0.6 is 0 Å². The lowest BCUT2D eigenvalue weighted by Gasteiger charge is -2.08. The minimum absolute atomic E-state index is 0.0521. The first-order valence-electron chi connectivity index (χ1n) is 6.95. The summed E-state index contributed by atoms with van der Waals surface area (Å²) in [4.78, 5) is 11.6. The second-order valence-electron chi connectivity index (χ2n) is 4.94. The van der Waals surface area contributed by atoms with Gasteiger partial charge in [-0.3, -0.25) is 9.00 Å². The number of carbonyl (C=O) groups excluding carboxylic acids is 1. The number of amides is 1. The van der Waals surface area contributed by atoms with Crippen LogP contribution in [0.2, 0.25) is 0 Å². The second-order valence-corrected chi connectivity index (χ2v) is 6.40. The Balaban J connectivity index is 2.22. The van der Waals surface area contributed by atoms with Crippen LogP contribution in [0.3, 0.4) is 0 Å². The number of hydrogen-bond donors (Lipinski definition) is 1. The quantitative estimate of drug-likeness (QED) is 0.709. The highest BCUT2D eigenvalue weighted by Crippen LogP contribution is 2.09. The number of hydrogen-bond acceptors (Lipinski definition) is 3. The Morgan fingerprint density at radius 1 is 1.38 bits per heavy atom. The molecule has 1 N–H and O–H groups in total. The molecule has 0 aliphatic carbocycles. The van der Waals surface area contributed by atoms with Gasteiger partial charge in [0.2, 0.25) is 5.91 Å². The van der Waals surface area contributed by atoms with E-state index in [-0.39, 0.29) is 23.5 Å². The molecule has 1 atom stereocenters. The lowest BCUT2D eigenvalue weighted by molar-refractivity contribution is -0.118. The third-order valence-corrected chi connectivity index (χ3v) is 3.88. The molecule has 21 heavy (non-hydrogen) atoms. The maximum atomic E-state index is 13.4. The van der Waals surface area contributed by atoms with E-state index in [1.54, 1.807) is 18.2 Å². The Bertz CT molecular complexity index is 480. The molecule has 0 unspecified atom stereocenters. The van der Waals surface area contributed by atoms with E-state index in [2.05, 4.69) is 5.32 Å². The average Bonchev–Trinajstić information content (AvgIpc) is 2.40. The van der Waals surface area contributed by atoms with Crippen LogP contribution in [-0.2, 0) is 26.1 Å². The fourth-order valence-corrected chi connectivity index (χ4v) is 2.73.